The first-order valence-corrected chi connectivity index (χ1v) is 9.29. The number of hydrogen-bond acceptors (Lipinski definition) is 5. The lowest BCUT2D eigenvalue weighted by Gasteiger charge is -2.43. The molecule has 0 aromatic heterocycles. The number of nitrogens with one attached hydrogen (secondary N) is 1. The van der Waals surface area contributed by atoms with Crippen LogP contribution in [-0.4, -0.2) is 32.7 Å². The van der Waals surface area contributed by atoms with Crippen LogP contribution in [0.3, 0.4) is 0 Å². The molecule has 2 aliphatic rings. The summed E-state index contributed by atoms with van der Waals surface area (Å²) in [7, 11) is 0. The third-order valence-electron chi connectivity index (χ3n) is 4.56. The van der Waals surface area contributed by atoms with Gasteiger partial charge in [-0.05, 0) is 45.0 Å². The highest BCUT2D eigenvalue weighted by molar-refractivity contribution is 8.06. The summed E-state index contributed by atoms with van der Waals surface area (Å²) in [6.07, 6.45) is 0.203. The molecule has 8 heteroatoms. The average molecular weight is 400 g/mol. The van der Waals surface area contributed by atoms with Crippen molar-refractivity contribution in [3.8, 4) is 5.75 Å². The van der Waals surface area contributed by atoms with Crippen LogP contribution in [0.15, 0.2) is 29.4 Å². The van der Waals surface area contributed by atoms with Gasteiger partial charge in [0, 0.05) is 17.5 Å². The predicted octanol–water partition coefficient (Wildman–Crippen LogP) is 3.46. The van der Waals surface area contributed by atoms with Crippen molar-refractivity contribution >= 4 is 35.1 Å². The molecule has 1 unspecified atom stereocenters. The molecule has 2 heterocycles. The number of thioether (sulfide) groups is 1. The van der Waals surface area contributed by atoms with Crippen molar-refractivity contribution in [1.82, 2.24) is 5.32 Å². The summed E-state index contributed by atoms with van der Waals surface area (Å²) in [5, 5.41) is 12.9. The molecule has 0 fully saturated rings. The Morgan fingerprint density at radius 2 is 2.12 bits per heavy atom. The second kappa shape index (κ2) is 6.55. The molecule has 0 bridgehead atoms. The van der Waals surface area contributed by atoms with Crippen molar-refractivity contribution in [1.29, 1.82) is 0 Å². The fourth-order valence-corrected chi connectivity index (χ4v) is 4.16. The van der Waals surface area contributed by atoms with Crippen LogP contribution >= 0.6 is 23.4 Å². The second-order valence-electron chi connectivity index (χ2n) is 6.95. The van der Waals surface area contributed by atoms with E-state index in [1.807, 2.05) is 0 Å². The molecule has 140 valence electrons. The Bertz CT molecular complexity index is 812. The fraction of sp³-hybridized carbons (Fsp3) is 0.444. The number of allylic oxidation sites excluding steroid dienone is 1. The number of hydrogen-bond donors (Lipinski definition) is 2. The fourth-order valence-electron chi connectivity index (χ4n) is 3.01. The number of rotatable bonds is 3. The van der Waals surface area contributed by atoms with Gasteiger partial charge in [-0.3, -0.25) is 9.59 Å². The van der Waals surface area contributed by atoms with Gasteiger partial charge in [0.05, 0.1) is 6.04 Å². The highest BCUT2D eigenvalue weighted by atomic mass is 35.5. The number of ketones is 1. The van der Waals surface area contributed by atoms with Crippen LogP contribution in [0.1, 0.15) is 49.2 Å². The van der Waals surface area contributed by atoms with E-state index in [9.17, 15) is 19.1 Å². The molecule has 1 amide bonds. The average Bonchev–Trinajstić information content (AvgIpc) is 2.91. The number of halogens is 2. The first kappa shape index (κ1) is 19.2. The smallest absolute Gasteiger partial charge is 0.252 e. The predicted molar refractivity (Wildman–Crippen MR) is 98.0 cm³/mol. The van der Waals surface area contributed by atoms with E-state index < -0.39 is 33.0 Å². The van der Waals surface area contributed by atoms with E-state index in [1.165, 1.54) is 13.0 Å². The van der Waals surface area contributed by atoms with Crippen LogP contribution in [0.4, 0.5) is 4.39 Å². The summed E-state index contributed by atoms with van der Waals surface area (Å²) >= 11 is 6.89. The van der Waals surface area contributed by atoms with Gasteiger partial charge in [0.2, 0.25) is 0 Å². The normalized spacial score (nSPS) is 29.4. The topological polar surface area (TPSA) is 75.6 Å². The molecular weight excluding hydrogens is 381 g/mol. The number of aliphatic hydroxyl groups is 1. The maximum Gasteiger partial charge on any atom is 0.252 e. The Labute approximate surface area is 159 Å². The third kappa shape index (κ3) is 3.35. The van der Waals surface area contributed by atoms with Gasteiger partial charge in [0.25, 0.3) is 5.91 Å². The molecule has 2 N–H and O–H groups in total. The quantitative estimate of drug-likeness (QED) is 0.601. The van der Waals surface area contributed by atoms with Crippen molar-refractivity contribution in [2.24, 2.45) is 0 Å². The largest absolute Gasteiger partial charge is 0.485 e. The summed E-state index contributed by atoms with van der Waals surface area (Å²) in [6, 6.07) is 4.01. The minimum absolute atomic E-state index is 0.0416. The van der Waals surface area contributed by atoms with Gasteiger partial charge in [-0.1, -0.05) is 23.4 Å². The van der Waals surface area contributed by atoms with Crippen LogP contribution in [0.2, 0.25) is 0 Å². The van der Waals surface area contributed by atoms with E-state index in [4.69, 9.17) is 16.3 Å². The Kier molecular flexibility index (Phi) is 4.83. The van der Waals surface area contributed by atoms with Crippen LogP contribution < -0.4 is 10.1 Å². The Hall–Kier alpha value is -1.57. The van der Waals surface area contributed by atoms with E-state index in [0.717, 1.165) is 0 Å². The van der Waals surface area contributed by atoms with Crippen LogP contribution in [-0.2, 0) is 4.79 Å². The monoisotopic (exact) mass is 399 g/mol. The number of fused-ring (bicyclic) bond motifs is 1. The highest BCUT2D eigenvalue weighted by Gasteiger charge is 2.47. The number of ether oxygens (including phenoxy) is 1. The first-order valence-electron chi connectivity index (χ1n) is 8.10. The molecular formula is C18H19ClFNO4S. The molecule has 1 aromatic rings. The van der Waals surface area contributed by atoms with Gasteiger partial charge in [-0.25, -0.2) is 0 Å². The molecule has 3 rings (SSSR count). The van der Waals surface area contributed by atoms with Crippen molar-refractivity contribution in [2.45, 2.75) is 49.1 Å². The molecule has 26 heavy (non-hydrogen) atoms. The molecule has 0 saturated heterocycles. The maximum atomic E-state index is 13.4. The Balaban J connectivity index is 1.96. The molecule has 5 nitrogen and oxygen atoms in total. The number of carbonyl (C=O) groups is 2. The zero-order chi connectivity index (χ0) is 19.3. The number of aliphatic hydroxyl groups excluding tert-OH is 1. The summed E-state index contributed by atoms with van der Waals surface area (Å²) in [5.41, 5.74) is -0.0642. The number of alkyl halides is 1. The lowest BCUT2D eigenvalue weighted by atomic mass is 9.85. The molecule has 3 atom stereocenters. The summed E-state index contributed by atoms with van der Waals surface area (Å²) in [4.78, 5) is 24.4. The molecule has 0 radical (unpaired) electrons. The Morgan fingerprint density at radius 3 is 2.69 bits per heavy atom. The molecule has 2 aliphatic heterocycles. The lowest BCUT2D eigenvalue weighted by molar-refractivity contribution is -0.126. The Morgan fingerprint density at radius 1 is 1.42 bits per heavy atom. The summed E-state index contributed by atoms with van der Waals surface area (Å²) in [5.74, 6) is -0.291. The van der Waals surface area contributed by atoms with Crippen molar-refractivity contribution in [2.75, 3.05) is 0 Å². The van der Waals surface area contributed by atoms with E-state index >= 15 is 0 Å². The maximum absolute atomic E-state index is 13.4. The molecule has 0 aliphatic carbocycles. The molecule has 0 saturated carbocycles. The van der Waals surface area contributed by atoms with E-state index in [0.29, 0.717) is 28.6 Å². The first-order chi connectivity index (χ1) is 12.0. The van der Waals surface area contributed by atoms with Gasteiger partial charge in [-0.15, -0.1) is 0 Å². The van der Waals surface area contributed by atoms with E-state index in [-0.39, 0.29) is 12.2 Å². The van der Waals surface area contributed by atoms with Gasteiger partial charge in [-0.2, -0.15) is 4.39 Å². The zero-order valence-corrected chi connectivity index (χ0v) is 16.1. The standard InChI is InChI=1S/C18H19ClFNO4S/c1-9(22)10-4-5-12-11(8-10)14(15(23)17(2,3)25-12)21-16(24)18(19)7-6-13(20)26-18/h4-6,8,14-15,23H,7H2,1-3H3,(H,21,24)/t14-,15+,18?/m1/s1. The van der Waals surface area contributed by atoms with Gasteiger partial charge in [0.15, 0.2) is 15.1 Å². The highest BCUT2D eigenvalue weighted by Crippen LogP contribution is 2.47. The van der Waals surface area contributed by atoms with Crippen LogP contribution in [0, 0.1) is 0 Å². The minimum atomic E-state index is -1.50. The number of Topliss-reactive ketones (excluding diaryl/α,β-unsaturated/α-hetero) is 1. The van der Waals surface area contributed by atoms with Crippen molar-refractivity contribution in [3.05, 3.63) is 40.6 Å². The van der Waals surface area contributed by atoms with Crippen molar-refractivity contribution in [3.63, 3.8) is 0 Å². The minimum Gasteiger partial charge on any atom is -0.485 e. The second-order valence-corrected chi connectivity index (χ2v) is 9.11. The third-order valence-corrected chi connectivity index (χ3v) is 6.16. The summed E-state index contributed by atoms with van der Waals surface area (Å²) < 4.78 is 17.7. The van der Waals surface area contributed by atoms with E-state index in [2.05, 4.69) is 5.32 Å². The van der Waals surface area contributed by atoms with E-state index in [1.54, 1.807) is 32.0 Å². The van der Waals surface area contributed by atoms with Crippen LogP contribution in [0.25, 0.3) is 0 Å². The number of benzene rings is 1. The number of amides is 1. The van der Waals surface area contributed by atoms with Gasteiger partial charge < -0.3 is 15.2 Å². The van der Waals surface area contributed by atoms with Crippen molar-refractivity contribution < 1.29 is 23.8 Å². The summed E-state index contributed by atoms with van der Waals surface area (Å²) in [6.45, 7) is 4.82. The lowest BCUT2D eigenvalue weighted by Crippen LogP contribution is -2.55. The van der Waals surface area contributed by atoms with Gasteiger partial charge in [0.1, 0.15) is 17.5 Å². The molecule has 1 aromatic carbocycles. The van der Waals surface area contributed by atoms with Gasteiger partial charge >= 0.3 is 0 Å². The number of carbonyl (C=O) groups excluding carboxylic acids is 2. The zero-order valence-electron chi connectivity index (χ0n) is 14.5. The van der Waals surface area contributed by atoms with Crippen LogP contribution in [0.5, 0.6) is 5.75 Å². The SMILES string of the molecule is CC(=O)c1ccc2c(c1)[C@@H](NC(=O)C1(Cl)CC=C(F)S1)[C@H](O)C(C)(C)O2. The molecule has 0 spiro atoms.